The van der Waals surface area contributed by atoms with E-state index in [0.717, 1.165) is 12.8 Å². The van der Waals surface area contributed by atoms with Crippen LogP contribution in [0.3, 0.4) is 0 Å². The van der Waals surface area contributed by atoms with Gasteiger partial charge < -0.3 is 10.1 Å². The lowest BCUT2D eigenvalue weighted by Crippen LogP contribution is -2.14. The number of carbonyl (C=O) groups excluding carboxylic acids is 2. The fourth-order valence-corrected chi connectivity index (χ4v) is 1.60. The molecule has 2 rings (SSSR count). The Morgan fingerprint density at radius 2 is 2.06 bits per heavy atom. The number of Topliss-reactive ketones (excluding diaryl/α,β-unsaturated/α-hetero) is 1. The Bertz CT molecular complexity index is 464. The third-order valence-corrected chi connectivity index (χ3v) is 2.81. The summed E-state index contributed by atoms with van der Waals surface area (Å²) in [6.45, 7) is 1.49. The molecule has 1 aliphatic carbocycles. The van der Waals surface area contributed by atoms with Gasteiger partial charge >= 0.3 is 0 Å². The first-order valence-corrected chi connectivity index (χ1v) is 5.61. The zero-order valence-electron chi connectivity index (χ0n) is 9.95. The van der Waals surface area contributed by atoms with Gasteiger partial charge in [-0.25, -0.2) is 0 Å². The number of benzene rings is 1. The summed E-state index contributed by atoms with van der Waals surface area (Å²) in [4.78, 5) is 22.9. The van der Waals surface area contributed by atoms with Gasteiger partial charge in [-0.2, -0.15) is 0 Å². The van der Waals surface area contributed by atoms with Gasteiger partial charge in [0.1, 0.15) is 5.75 Å². The number of ether oxygens (including phenoxy) is 1. The number of hydrogen-bond acceptors (Lipinski definition) is 3. The number of hydrogen-bond donors (Lipinski definition) is 1. The highest BCUT2D eigenvalue weighted by Crippen LogP contribution is 2.32. The maximum atomic E-state index is 11.7. The fourth-order valence-electron chi connectivity index (χ4n) is 1.60. The van der Waals surface area contributed by atoms with Crippen LogP contribution in [-0.2, 0) is 4.79 Å². The molecule has 1 aromatic rings. The van der Waals surface area contributed by atoms with Crippen LogP contribution in [0.15, 0.2) is 18.2 Å². The molecule has 0 heterocycles. The summed E-state index contributed by atoms with van der Waals surface area (Å²) in [5.41, 5.74) is 1.13. The minimum absolute atomic E-state index is 0.00371. The van der Waals surface area contributed by atoms with Crippen molar-refractivity contribution in [2.75, 3.05) is 12.4 Å². The van der Waals surface area contributed by atoms with Crippen molar-refractivity contribution in [3.63, 3.8) is 0 Å². The van der Waals surface area contributed by atoms with Crippen LogP contribution in [-0.4, -0.2) is 18.8 Å². The Hall–Kier alpha value is -1.84. The Kier molecular flexibility index (Phi) is 3.13. The summed E-state index contributed by atoms with van der Waals surface area (Å²) in [6.07, 6.45) is 1.89. The number of ketones is 1. The maximum absolute atomic E-state index is 11.7. The number of rotatable bonds is 4. The Balaban J connectivity index is 2.24. The van der Waals surface area contributed by atoms with Crippen LogP contribution in [0, 0.1) is 5.92 Å². The van der Waals surface area contributed by atoms with E-state index in [9.17, 15) is 9.59 Å². The van der Waals surface area contributed by atoms with Crippen molar-refractivity contribution in [1.82, 2.24) is 0 Å². The normalized spacial score (nSPS) is 14.2. The molecule has 1 fully saturated rings. The molecule has 0 aromatic heterocycles. The molecular formula is C13H15NO3. The van der Waals surface area contributed by atoms with E-state index in [2.05, 4.69) is 5.32 Å². The molecule has 0 spiro atoms. The quantitative estimate of drug-likeness (QED) is 0.811. The summed E-state index contributed by atoms with van der Waals surface area (Å²) < 4.78 is 5.16. The number of carbonyl (C=O) groups is 2. The van der Waals surface area contributed by atoms with Gasteiger partial charge in [-0.15, -0.1) is 0 Å². The van der Waals surface area contributed by atoms with Gasteiger partial charge in [0.2, 0.25) is 5.91 Å². The SMILES string of the molecule is COc1ccc(C(C)=O)cc1NC(=O)C1CC1. The highest BCUT2D eigenvalue weighted by atomic mass is 16.5. The zero-order valence-corrected chi connectivity index (χ0v) is 9.95. The molecule has 1 N–H and O–H groups in total. The minimum Gasteiger partial charge on any atom is -0.495 e. The second-order valence-electron chi connectivity index (χ2n) is 4.23. The molecule has 0 radical (unpaired) electrons. The van der Waals surface area contributed by atoms with Gasteiger partial charge in [-0.05, 0) is 38.0 Å². The van der Waals surface area contributed by atoms with Gasteiger partial charge in [0, 0.05) is 11.5 Å². The average Bonchev–Trinajstić information content (AvgIpc) is 3.12. The summed E-state index contributed by atoms with van der Waals surface area (Å²) in [5, 5.41) is 2.80. The van der Waals surface area contributed by atoms with Crippen LogP contribution in [0.25, 0.3) is 0 Å². The molecule has 1 aliphatic rings. The molecule has 90 valence electrons. The van der Waals surface area contributed by atoms with Crippen molar-refractivity contribution in [2.45, 2.75) is 19.8 Å². The van der Waals surface area contributed by atoms with E-state index < -0.39 is 0 Å². The Morgan fingerprint density at radius 3 is 2.59 bits per heavy atom. The first-order chi connectivity index (χ1) is 8.11. The van der Waals surface area contributed by atoms with Crippen molar-refractivity contribution in [3.05, 3.63) is 23.8 Å². The average molecular weight is 233 g/mol. The standard InChI is InChI=1S/C13H15NO3/c1-8(15)10-5-6-12(17-2)11(7-10)14-13(16)9-3-4-9/h5-7,9H,3-4H2,1-2H3,(H,14,16). The predicted octanol–water partition coefficient (Wildman–Crippen LogP) is 2.25. The molecule has 0 bridgehead atoms. The minimum atomic E-state index is -0.0328. The Labute approximate surface area is 100.0 Å². The lowest BCUT2D eigenvalue weighted by atomic mass is 10.1. The molecule has 1 aromatic carbocycles. The smallest absolute Gasteiger partial charge is 0.227 e. The fraction of sp³-hybridized carbons (Fsp3) is 0.385. The van der Waals surface area contributed by atoms with Crippen LogP contribution < -0.4 is 10.1 Å². The van der Waals surface area contributed by atoms with Crippen LogP contribution in [0.2, 0.25) is 0 Å². The van der Waals surface area contributed by atoms with Gasteiger partial charge in [-0.3, -0.25) is 9.59 Å². The van der Waals surface area contributed by atoms with Gasteiger partial charge in [0.15, 0.2) is 5.78 Å². The van der Waals surface area contributed by atoms with E-state index in [1.807, 2.05) is 0 Å². The molecule has 17 heavy (non-hydrogen) atoms. The van der Waals surface area contributed by atoms with Crippen LogP contribution >= 0.6 is 0 Å². The summed E-state index contributed by atoms with van der Waals surface area (Å²) in [7, 11) is 1.54. The van der Waals surface area contributed by atoms with E-state index in [1.54, 1.807) is 18.2 Å². The van der Waals surface area contributed by atoms with Gasteiger partial charge in [-0.1, -0.05) is 0 Å². The molecule has 0 unspecified atom stereocenters. The van der Waals surface area contributed by atoms with Crippen LogP contribution in [0.4, 0.5) is 5.69 Å². The van der Waals surface area contributed by atoms with Gasteiger partial charge in [0.05, 0.1) is 12.8 Å². The largest absolute Gasteiger partial charge is 0.495 e. The van der Waals surface area contributed by atoms with Crippen LogP contribution in [0.5, 0.6) is 5.75 Å². The monoisotopic (exact) mass is 233 g/mol. The van der Waals surface area contributed by atoms with Crippen molar-refractivity contribution in [1.29, 1.82) is 0 Å². The zero-order chi connectivity index (χ0) is 12.4. The highest BCUT2D eigenvalue weighted by Gasteiger charge is 2.30. The van der Waals surface area contributed by atoms with E-state index in [0.29, 0.717) is 17.0 Å². The summed E-state index contributed by atoms with van der Waals surface area (Å²) in [6, 6.07) is 5.04. The maximum Gasteiger partial charge on any atom is 0.227 e. The van der Waals surface area contributed by atoms with E-state index in [4.69, 9.17) is 4.74 Å². The third-order valence-electron chi connectivity index (χ3n) is 2.81. The number of anilines is 1. The molecule has 1 saturated carbocycles. The van der Waals surface area contributed by atoms with Crippen molar-refractivity contribution < 1.29 is 14.3 Å². The number of methoxy groups -OCH3 is 1. The predicted molar refractivity (Wildman–Crippen MR) is 64.4 cm³/mol. The molecule has 4 heteroatoms. The molecule has 4 nitrogen and oxygen atoms in total. The lowest BCUT2D eigenvalue weighted by Gasteiger charge is -2.10. The van der Waals surface area contributed by atoms with Crippen molar-refractivity contribution in [2.24, 2.45) is 5.92 Å². The first kappa shape index (κ1) is 11.6. The second kappa shape index (κ2) is 4.57. The molecule has 0 atom stereocenters. The molecular weight excluding hydrogens is 218 g/mol. The highest BCUT2D eigenvalue weighted by molar-refractivity contribution is 5.99. The van der Waals surface area contributed by atoms with E-state index in [1.165, 1.54) is 14.0 Å². The summed E-state index contributed by atoms with van der Waals surface area (Å²) in [5.74, 6) is 0.670. The van der Waals surface area contributed by atoms with Gasteiger partial charge in [0.25, 0.3) is 0 Å². The lowest BCUT2D eigenvalue weighted by molar-refractivity contribution is -0.117. The summed E-state index contributed by atoms with van der Waals surface area (Å²) >= 11 is 0. The number of nitrogens with one attached hydrogen (secondary N) is 1. The van der Waals surface area contributed by atoms with E-state index in [-0.39, 0.29) is 17.6 Å². The first-order valence-electron chi connectivity index (χ1n) is 5.61. The molecule has 1 amide bonds. The second-order valence-corrected chi connectivity index (χ2v) is 4.23. The third kappa shape index (κ3) is 2.64. The molecule has 0 aliphatic heterocycles. The Morgan fingerprint density at radius 1 is 1.35 bits per heavy atom. The van der Waals surface area contributed by atoms with Crippen molar-refractivity contribution >= 4 is 17.4 Å². The van der Waals surface area contributed by atoms with Crippen LogP contribution in [0.1, 0.15) is 30.1 Å². The molecule has 0 saturated heterocycles. The topological polar surface area (TPSA) is 55.4 Å². The van der Waals surface area contributed by atoms with Crippen molar-refractivity contribution in [3.8, 4) is 5.75 Å². The number of amides is 1. The van der Waals surface area contributed by atoms with E-state index >= 15 is 0 Å².